The maximum absolute atomic E-state index is 11.6. The minimum atomic E-state index is -1.29. The van der Waals surface area contributed by atoms with Gasteiger partial charge < -0.3 is 10.4 Å². The van der Waals surface area contributed by atoms with Gasteiger partial charge >= 0.3 is 5.97 Å². The van der Waals surface area contributed by atoms with Crippen molar-refractivity contribution in [3.05, 3.63) is 59.4 Å². The van der Waals surface area contributed by atoms with Gasteiger partial charge in [0.25, 0.3) is 0 Å². The van der Waals surface area contributed by atoms with E-state index in [4.69, 9.17) is 11.6 Å². The number of hydrogen-bond donors (Lipinski definition) is 2. The van der Waals surface area contributed by atoms with E-state index in [-0.39, 0.29) is 0 Å². The molecule has 0 amide bonds. The van der Waals surface area contributed by atoms with Gasteiger partial charge in [-0.25, -0.2) is 4.79 Å². The average molecular weight is 277 g/mol. The number of nitrogens with one attached hydrogen (secondary N) is 1. The van der Waals surface area contributed by atoms with E-state index in [0.717, 1.165) is 0 Å². The number of benzene rings is 1. The first-order chi connectivity index (χ1) is 9.04. The number of carboxylic acid groups (broad SMARTS) is 1. The Bertz CT molecular complexity index is 589. The zero-order valence-electron chi connectivity index (χ0n) is 10.3. The molecule has 4 nitrogen and oxygen atoms in total. The molecule has 0 spiro atoms. The first-order valence-corrected chi connectivity index (χ1v) is 6.08. The van der Waals surface area contributed by atoms with Crippen LogP contribution in [0.15, 0.2) is 48.8 Å². The molecule has 1 heterocycles. The van der Waals surface area contributed by atoms with E-state index in [1.54, 1.807) is 49.5 Å². The van der Waals surface area contributed by atoms with E-state index >= 15 is 0 Å². The molecule has 1 atom stereocenters. The van der Waals surface area contributed by atoms with Crippen molar-refractivity contribution in [1.82, 2.24) is 4.98 Å². The molecule has 0 radical (unpaired) electrons. The van der Waals surface area contributed by atoms with Gasteiger partial charge in [0.15, 0.2) is 5.54 Å². The molecule has 0 fully saturated rings. The molecule has 1 unspecified atom stereocenters. The number of para-hydroxylation sites is 1. The van der Waals surface area contributed by atoms with Gasteiger partial charge in [-0.2, -0.15) is 0 Å². The average Bonchev–Trinajstić information content (AvgIpc) is 2.42. The molecule has 0 bridgehead atoms. The Morgan fingerprint density at radius 1 is 1.32 bits per heavy atom. The lowest BCUT2D eigenvalue weighted by Gasteiger charge is -2.28. The zero-order chi connectivity index (χ0) is 13.9. The predicted molar refractivity (Wildman–Crippen MR) is 74.3 cm³/mol. The van der Waals surface area contributed by atoms with Gasteiger partial charge in [0.2, 0.25) is 0 Å². The van der Waals surface area contributed by atoms with Crippen molar-refractivity contribution in [1.29, 1.82) is 0 Å². The number of aromatic nitrogens is 1. The summed E-state index contributed by atoms with van der Waals surface area (Å²) in [4.78, 5) is 15.6. The van der Waals surface area contributed by atoms with E-state index in [2.05, 4.69) is 10.3 Å². The van der Waals surface area contributed by atoms with Crippen molar-refractivity contribution in [2.75, 3.05) is 5.32 Å². The Hall–Kier alpha value is -2.07. The number of carbonyl (C=O) groups is 1. The highest BCUT2D eigenvalue weighted by Gasteiger charge is 2.35. The molecular formula is C14H13ClN2O2. The van der Waals surface area contributed by atoms with Gasteiger partial charge in [0.05, 0.1) is 10.7 Å². The lowest BCUT2D eigenvalue weighted by molar-refractivity contribution is -0.142. The fourth-order valence-electron chi connectivity index (χ4n) is 1.74. The van der Waals surface area contributed by atoms with Gasteiger partial charge in [0.1, 0.15) is 0 Å². The number of carboxylic acids is 1. The molecule has 0 aliphatic heterocycles. The molecule has 1 aromatic carbocycles. The summed E-state index contributed by atoms with van der Waals surface area (Å²) < 4.78 is 0. The molecule has 1 aromatic heterocycles. The van der Waals surface area contributed by atoms with E-state index in [0.29, 0.717) is 16.3 Å². The van der Waals surface area contributed by atoms with Crippen LogP contribution in [0.1, 0.15) is 12.5 Å². The van der Waals surface area contributed by atoms with Crippen molar-refractivity contribution in [3.63, 3.8) is 0 Å². The fourth-order valence-corrected chi connectivity index (χ4v) is 1.92. The third-order valence-corrected chi connectivity index (χ3v) is 3.25. The number of pyridine rings is 1. The fraction of sp³-hybridized carbons (Fsp3) is 0.143. The van der Waals surface area contributed by atoms with Gasteiger partial charge in [-0.3, -0.25) is 4.98 Å². The van der Waals surface area contributed by atoms with Gasteiger partial charge in [-0.15, -0.1) is 0 Å². The van der Waals surface area contributed by atoms with Crippen LogP contribution >= 0.6 is 11.6 Å². The molecule has 0 saturated carbocycles. The van der Waals surface area contributed by atoms with E-state index in [9.17, 15) is 9.90 Å². The third-order valence-electron chi connectivity index (χ3n) is 2.93. The molecule has 2 N–H and O–H groups in total. The minimum absolute atomic E-state index is 0.471. The number of hydrogen-bond acceptors (Lipinski definition) is 3. The van der Waals surface area contributed by atoms with Crippen molar-refractivity contribution in [2.24, 2.45) is 0 Å². The molecule has 19 heavy (non-hydrogen) atoms. The van der Waals surface area contributed by atoms with Crippen LogP contribution in [0.5, 0.6) is 0 Å². The summed E-state index contributed by atoms with van der Waals surface area (Å²) in [6.07, 6.45) is 3.12. The first kappa shape index (κ1) is 13.4. The molecule has 5 heteroatoms. The normalized spacial score (nSPS) is 13.6. The standard InChI is InChI=1S/C14H13ClN2O2/c1-14(13(18)19,10-5-4-8-16-9-10)17-12-7-3-2-6-11(12)15/h2-9,17H,1H3,(H,18,19). The summed E-state index contributed by atoms with van der Waals surface area (Å²) in [6.45, 7) is 1.58. The topological polar surface area (TPSA) is 62.2 Å². The van der Waals surface area contributed by atoms with Crippen molar-refractivity contribution >= 4 is 23.3 Å². The van der Waals surface area contributed by atoms with Crippen molar-refractivity contribution in [3.8, 4) is 0 Å². The second kappa shape index (κ2) is 5.28. The second-order valence-electron chi connectivity index (χ2n) is 4.28. The second-order valence-corrected chi connectivity index (χ2v) is 4.68. The highest BCUT2D eigenvalue weighted by Crippen LogP contribution is 2.30. The van der Waals surface area contributed by atoms with Crippen LogP contribution in [0.25, 0.3) is 0 Å². The van der Waals surface area contributed by atoms with Crippen LogP contribution in [0.2, 0.25) is 5.02 Å². The maximum Gasteiger partial charge on any atom is 0.333 e. The maximum atomic E-state index is 11.6. The smallest absolute Gasteiger partial charge is 0.333 e. The number of rotatable bonds is 4. The van der Waals surface area contributed by atoms with Gasteiger partial charge in [-0.1, -0.05) is 29.8 Å². The van der Waals surface area contributed by atoms with Crippen LogP contribution in [-0.2, 0) is 10.3 Å². The monoisotopic (exact) mass is 276 g/mol. The van der Waals surface area contributed by atoms with E-state index in [1.807, 2.05) is 0 Å². The number of halogens is 1. The summed E-state index contributed by atoms with van der Waals surface area (Å²) in [7, 11) is 0. The SMILES string of the molecule is CC(Nc1ccccc1Cl)(C(=O)O)c1cccnc1. The number of anilines is 1. The van der Waals surface area contributed by atoms with E-state index in [1.165, 1.54) is 6.20 Å². The van der Waals surface area contributed by atoms with E-state index < -0.39 is 11.5 Å². The molecule has 2 rings (SSSR count). The lowest BCUT2D eigenvalue weighted by atomic mass is 9.93. The molecule has 0 saturated heterocycles. The van der Waals surface area contributed by atoms with Crippen LogP contribution in [-0.4, -0.2) is 16.1 Å². The van der Waals surface area contributed by atoms with Crippen LogP contribution < -0.4 is 5.32 Å². The Labute approximate surface area is 116 Å². The quantitative estimate of drug-likeness (QED) is 0.900. The molecule has 98 valence electrons. The largest absolute Gasteiger partial charge is 0.479 e. The predicted octanol–water partition coefficient (Wildman–Crippen LogP) is 3.15. The van der Waals surface area contributed by atoms with Crippen molar-refractivity contribution < 1.29 is 9.90 Å². The summed E-state index contributed by atoms with van der Waals surface area (Å²) >= 11 is 6.05. The Balaban J connectivity index is 2.42. The molecule has 0 aliphatic rings. The van der Waals surface area contributed by atoms with Crippen LogP contribution in [0.3, 0.4) is 0 Å². The van der Waals surface area contributed by atoms with Crippen LogP contribution in [0.4, 0.5) is 5.69 Å². The lowest BCUT2D eigenvalue weighted by Crippen LogP contribution is -2.40. The zero-order valence-corrected chi connectivity index (χ0v) is 11.1. The Morgan fingerprint density at radius 3 is 2.63 bits per heavy atom. The molecule has 0 aliphatic carbocycles. The highest BCUT2D eigenvalue weighted by atomic mass is 35.5. The third kappa shape index (κ3) is 2.69. The molecule has 2 aromatic rings. The van der Waals surface area contributed by atoms with Gasteiger partial charge in [-0.05, 0) is 25.1 Å². The summed E-state index contributed by atoms with van der Waals surface area (Å²) in [6, 6.07) is 10.4. The summed E-state index contributed by atoms with van der Waals surface area (Å²) in [5.41, 5.74) is -0.167. The Kier molecular flexibility index (Phi) is 3.71. The summed E-state index contributed by atoms with van der Waals surface area (Å²) in [5.74, 6) is -1.000. The summed E-state index contributed by atoms with van der Waals surface area (Å²) in [5, 5.41) is 12.9. The molecular weight excluding hydrogens is 264 g/mol. The first-order valence-electron chi connectivity index (χ1n) is 5.70. The Morgan fingerprint density at radius 2 is 2.05 bits per heavy atom. The number of nitrogens with zero attached hydrogens (tertiary/aromatic N) is 1. The number of aliphatic carboxylic acids is 1. The highest BCUT2D eigenvalue weighted by molar-refractivity contribution is 6.33. The van der Waals surface area contributed by atoms with Gasteiger partial charge in [0, 0.05) is 18.0 Å². The minimum Gasteiger partial charge on any atom is -0.479 e. The van der Waals surface area contributed by atoms with Crippen molar-refractivity contribution in [2.45, 2.75) is 12.5 Å². The van der Waals surface area contributed by atoms with Crippen LogP contribution in [0, 0.1) is 0 Å².